The van der Waals surface area contributed by atoms with Crippen LogP contribution in [-0.4, -0.2) is 30.2 Å². The van der Waals surface area contributed by atoms with Gasteiger partial charge in [0.25, 0.3) is 10.1 Å². The van der Waals surface area contributed by atoms with Gasteiger partial charge < -0.3 is 15.5 Å². The molecule has 0 heterocycles. The summed E-state index contributed by atoms with van der Waals surface area (Å²) >= 11 is 0. The SMILES string of the molecule is CNc1ccc2c(O)c(N=Nc3ccc(N=N)cc3O)c(S(=O)(=O)O)cc2c1. The number of benzene rings is 3. The zero-order chi connectivity index (χ0) is 20.5. The van der Waals surface area contributed by atoms with Crippen LogP contribution in [0.4, 0.5) is 22.7 Å². The van der Waals surface area contributed by atoms with Crippen LogP contribution in [0.1, 0.15) is 0 Å². The number of hydrogen-bond acceptors (Lipinski definition) is 9. The summed E-state index contributed by atoms with van der Waals surface area (Å²) in [6.07, 6.45) is 0. The first-order valence-electron chi connectivity index (χ1n) is 7.82. The molecule has 28 heavy (non-hydrogen) atoms. The average molecular weight is 401 g/mol. The Morgan fingerprint density at radius 1 is 1.04 bits per heavy atom. The second-order valence-corrected chi connectivity index (χ2v) is 7.11. The number of aromatic hydroxyl groups is 2. The van der Waals surface area contributed by atoms with Crippen molar-refractivity contribution in [3.63, 3.8) is 0 Å². The lowest BCUT2D eigenvalue weighted by molar-refractivity contribution is 0.471. The fraction of sp³-hybridized carbons (Fsp3) is 0.0588. The van der Waals surface area contributed by atoms with Gasteiger partial charge in [-0.25, -0.2) is 5.53 Å². The van der Waals surface area contributed by atoms with Gasteiger partial charge in [0.05, 0.1) is 5.69 Å². The fourth-order valence-electron chi connectivity index (χ4n) is 2.57. The highest BCUT2D eigenvalue weighted by molar-refractivity contribution is 7.86. The van der Waals surface area contributed by atoms with E-state index in [1.165, 1.54) is 24.3 Å². The summed E-state index contributed by atoms with van der Waals surface area (Å²) in [6, 6.07) is 9.88. The van der Waals surface area contributed by atoms with Crippen molar-refractivity contribution >= 4 is 43.6 Å². The molecule has 144 valence electrons. The second-order valence-electron chi connectivity index (χ2n) is 5.72. The molecule has 0 saturated carbocycles. The molecule has 0 aromatic heterocycles. The lowest BCUT2D eigenvalue weighted by Crippen LogP contribution is -1.99. The van der Waals surface area contributed by atoms with Crippen LogP contribution in [0.15, 0.2) is 62.7 Å². The molecule has 3 aromatic carbocycles. The molecule has 10 nitrogen and oxygen atoms in total. The number of rotatable bonds is 5. The van der Waals surface area contributed by atoms with Crippen molar-refractivity contribution in [2.75, 3.05) is 12.4 Å². The number of anilines is 1. The minimum atomic E-state index is -4.73. The Balaban J connectivity index is 2.21. The first kappa shape index (κ1) is 19.2. The van der Waals surface area contributed by atoms with E-state index in [1.54, 1.807) is 25.2 Å². The zero-order valence-corrected chi connectivity index (χ0v) is 15.3. The predicted molar refractivity (Wildman–Crippen MR) is 102 cm³/mol. The van der Waals surface area contributed by atoms with E-state index in [9.17, 15) is 23.2 Å². The van der Waals surface area contributed by atoms with Crippen LogP contribution in [-0.2, 0) is 10.1 Å². The van der Waals surface area contributed by atoms with Crippen molar-refractivity contribution in [3.8, 4) is 11.5 Å². The van der Waals surface area contributed by atoms with Gasteiger partial charge >= 0.3 is 0 Å². The maximum Gasteiger partial charge on any atom is 0.296 e. The van der Waals surface area contributed by atoms with Crippen molar-refractivity contribution in [3.05, 3.63) is 42.5 Å². The van der Waals surface area contributed by atoms with Gasteiger partial charge in [-0.3, -0.25) is 4.55 Å². The van der Waals surface area contributed by atoms with Crippen molar-refractivity contribution in [1.82, 2.24) is 0 Å². The Hall–Kier alpha value is -3.57. The van der Waals surface area contributed by atoms with E-state index in [4.69, 9.17) is 5.53 Å². The molecule has 0 unspecified atom stereocenters. The summed E-state index contributed by atoms with van der Waals surface area (Å²) in [7, 11) is -3.05. The molecular formula is C17H15N5O5S. The van der Waals surface area contributed by atoms with Gasteiger partial charge in [0.1, 0.15) is 22.0 Å². The highest BCUT2D eigenvalue weighted by Crippen LogP contribution is 2.42. The summed E-state index contributed by atoms with van der Waals surface area (Å²) < 4.78 is 33.2. The standard InChI is InChI=1S/C17H15N5O5S/c1-19-10-2-4-12-9(6-10)7-15(28(25,26)27)16(17(12)24)22-21-13-5-3-11(20-18)8-14(13)23/h2-8,18-19,23-24H,1H3,(H,25,26,27). The molecule has 0 radical (unpaired) electrons. The number of azo groups is 1. The van der Waals surface area contributed by atoms with Crippen LogP contribution in [0.25, 0.3) is 10.8 Å². The first-order valence-corrected chi connectivity index (χ1v) is 9.26. The molecule has 0 aliphatic rings. The lowest BCUT2D eigenvalue weighted by atomic mass is 10.1. The summed E-state index contributed by atoms with van der Waals surface area (Å²) in [5.74, 6) is -0.835. The van der Waals surface area contributed by atoms with Crippen LogP contribution in [0, 0.1) is 5.53 Å². The van der Waals surface area contributed by atoms with Gasteiger partial charge in [0.2, 0.25) is 0 Å². The number of nitrogens with zero attached hydrogens (tertiary/aromatic N) is 3. The third-order valence-electron chi connectivity index (χ3n) is 3.96. The number of nitrogens with one attached hydrogen (secondary N) is 2. The van der Waals surface area contributed by atoms with E-state index in [0.717, 1.165) is 0 Å². The molecule has 3 aromatic rings. The van der Waals surface area contributed by atoms with Crippen LogP contribution in [0.3, 0.4) is 0 Å². The van der Waals surface area contributed by atoms with Gasteiger partial charge in [-0.1, -0.05) is 0 Å². The summed E-state index contributed by atoms with van der Waals surface area (Å²) in [6.45, 7) is 0. The van der Waals surface area contributed by atoms with E-state index >= 15 is 0 Å². The maximum atomic E-state index is 11.8. The van der Waals surface area contributed by atoms with E-state index < -0.39 is 26.5 Å². The predicted octanol–water partition coefficient (Wildman–Crippen LogP) is 4.62. The molecule has 0 bridgehead atoms. The van der Waals surface area contributed by atoms with E-state index in [-0.39, 0.29) is 17.1 Å². The Labute approximate surface area is 159 Å². The van der Waals surface area contributed by atoms with Gasteiger partial charge in [-0.15, -0.1) is 10.2 Å². The molecule has 0 fully saturated rings. The van der Waals surface area contributed by atoms with Crippen LogP contribution >= 0.6 is 0 Å². The van der Waals surface area contributed by atoms with Crippen LogP contribution < -0.4 is 5.32 Å². The average Bonchev–Trinajstić information content (AvgIpc) is 2.66. The largest absolute Gasteiger partial charge is 0.506 e. The second kappa shape index (κ2) is 7.21. The monoisotopic (exact) mass is 401 g/mol. The summed E-state index contributed by atoms with van der Waals surface area (Å²) in [4.78, 5) is -0.633. The van der Waals surface area contributed by atoms with Crippen LogP contribution in [0.2, 0.25) is 0 Å². The van der Waals surface area contributed by atoms with Gasteiger partial charge in [0.15, 0.2) is 5.75 Å². The number of hydrogen-bond donors (Lipinski definition) is 5. The number of fused-ring (bicyclic) bond motifs is 1. The van der Waals surface area contributed by atoms with Crippen molar-refractivity contribution in [1.29, 1.82) is 5.53 Å². The van der Waals surface area contributed by atoms with Crippen molar-refractivity contribution in [2.24, 2.45) is 15.3 Å². The molecule has 0 aliphatic heterocycles. The highest BCUT2D eigenvalue weighted by atomic mass is 32.2. The Morgan fingerprint density at radius 3 is 2.39 bits per heavy atom. The topological polar surface area (TPSA) is 168 Å². The smallest absolute Gasteiger partial charge is 0.296 e. The molecule has 0 amide bonds. The maximum absolute atomic E-state index is 11.8. The van der Waals surface area contributed by atoms with Crippen molar-refractivity contribution in [2.45, 2.75) is 4.90 Å². The third-order valence-corrected chi connectivity index (χ3v) is 4.83. The summed E-state index contributed by atoms with van der Waals surface area (Å²) in [5.41, 5.74) is 7.25. The minimum Gasteiger partial charge on any atom is -0.506 e. The zero-order valence-electron chi connectivity index (χ0n) is 14.4. The molecule has 11 heteroatoms. The number of phenolic OH excluding ortho intramolecular Hbond substituents is 2. The van der Waals surface area contributed by atoms with Crippen molar-refractivity contribution < 1.29 is 23.2 Å². The number of phenols is 2. The molecule has 0 saturated heterocycles. The first-order chi connectivity index (χ1) is 13.2. The van der Waals surface area contributed by atoms with E-state index in [1.807, 2.05) is 0 Å². The molecule has 0 atom stereocenters. The quantitative estimate of drug-likeness (QED) is 0.309. The van der Waals surface area contributed by atoms with Gasteiger partial charge in [-0.05, 0) is 41.8 Å². The minimum absolute atomic E-state index is 0.0429. The molecule has 3 rings (SSSR count). The molecule has 5 N–H and O–H groups in total. The third kappa shape index (κ3) is 3.61. The Morgan fingerprint density at radius 2 is 1.79 bits per heavy atom. The molecule has 0 aliphatic carbocycles. The van der Waals surface area contributed by atoms with E-state index in [2.05, 4.69) is 20.7 Å². The summed E-state index contributed by atoms with van der Waals surface area (Å²) in [5, 5.41) is 34.6. The van der Waals surface area contributed by atoms with E-state index in [0.29, 0.717) is 16.5 Å². The highest BCUT2D eigenvalue weighted by Gasteiger charge is 2.22. The Bertz CT molecular complexity index is 1220. The molecule has 0 spiro atoms. The Kier molecular flexibility index (Phi) is 4.94. The van der Waals surface area contributed by atoms with Crippen LogP contribution in [0.5, 0.6) is 11.5 Å². The van der Waals surface area contributed by atoms with Gasteiger partial charge in [-0.2, -0.15) is 13.5 Å². The molecular weight excluding hydrogens is 386 g/mol. The van der Waals surface area contributed by atoms with Gasteiger partial charge in [0, 0.05) is 24.2 Å². The fourth-order valence-corrected chi connectivity index (χ4v) is 3.23. The normalized spacial score (nSPS) is 11.8. The lowest BCUT2D eigenvalue weighted by Gasteiger charge is -2.10.